The highest BCUT2D eigenvalue weighted by molar-refractivity contribution is 9.10. The van der Waals surface area contributed by atoms with Crippen LogP contribution in [0, 0.1) is 5.92 Å². The Morgan fingerprint density at radius 3 is 2.55 bits per heavy atom. The van der Waals surface area contributed by atoms with Crippen molar-refractivity contribution in [3.05, 3.63) is 34.3 Å². The van der Waals surface area contributed by atoms with Gasteiger partial charge in [0.05, 0.1) is 6.04 Å². The molecule has 0 aliphatic carbocycles. The summed E-state index contributed by atoms with van der Waals surface area (Å²) in [5, 5.41) is 0. The molecule has 1 aromatic rings. The molecule has 3 rings (SSSR count). The maximum absolute atomic E-state index is 12.7. The smallest absolute Gasteiger partial charge is 0.226 e. The van der Waals surface area contributed by atoms with Crippen LogP contribution in [0.25, 0.3) is 0 Å². The van der Waals surface area contributed by atoms with E-state index in [1.165, 1.54) is 5.56 Å². The number of hydrogen-bond acceptors (Lipinski definition) is 2. The molecule has 2 saturated heterocycles. The van der Waals surface area contributed by atoms with Crippen molar-refractivity contribution in [3.8, 4) is 0 Å². The molecule has 0 radical (unpaired) electrons. The van der Waals surface area contributed by atoms with Gasteiger partial charge >= 0.3 is 0 Å². The van der Waals surface area contributed by atoms with Gasteiger partial charge in [-0.2, -0.15) is 0 Å². The highest BCUT2D eigenvalue weighted by Crippen LogP contribution is 2.34. The molecule has 4 heteroatoms. The van der Waals surface area contributed by atoms with Gasteiger partial charge in [-0.3, -0.25) is 4.79 Å². The van der Waals surface area contributed by atoms with E-state index in [0.717, 1.165) is 49.9 Å². The Morgan fingerprint density at radius 1 is 1.15 bits per heavy atom. The van der Waals surface area contributed by atoms with Crippen LogP contribution in [0.4, 0.5) is 0 Å². The highest BCUT2D eigenvalue weighted by Gasteiger charge is 2.34. The van der Waals surface area contributed by atoms with Gasteiger partial charge in [0, 0.05) is 30.1 Å². The quantitative estimate of drug-likeness (QED) is 0.826. The molecule has 20 heavy (non-hydrogen) atoms. The van der Waals surface area contributed by atoms with Crippen molar-refractivity contribution in [2.45, 2.75) is 31.7 Å². The fraction of sp³-hybridized carbons (Fsp3) is 0.562. The lowest BCUT2D eigenvalue weighted by molar-refractivity contribution is -0.139. The van der Waals surface area contributed by atoms with Crippen molar-refractivity contribution in [1.82, 2.24) is 4.90 Å². The lowest BCUT2D eigenvalue weighted by Crippen LogP contribution is -2.38. The topological polar surface area (TPSA) is 29.5 Å². The number of halogens is 1. The average Bonchev–Trinajstić information content (AvgIpc) is 2.97. The fourth-order valence-electron chi connectivity index (χ4n) is 3.24. The summed E-state index contributed by atoms with van der Waals surface area (Å²) >= 11 is 3.47. The number of rotatable bonds is 2. The van der Waals surface area contributed by atoms with Crippen LogP contribution in [0.1, 0.15) is 37.3 Å². The van der Waals surface area contributed by atoms with Crippen LogP contribution >= 0.6 is 15.9 Å². The molecule has 0 N–H and O–H groups in total. The molecule has 1 atom stereocenters. The zero-order chi connectivity index (χ0) is 13.9. The zero-order valence-electron chi connectivity index (χ0n) is 11.6. The van der Waals surface area contributed by atoms with Gasteiger partial charge in [-0.1, -0.05) is 28.1 Å². The lowest BCUT2D eigenvalue weighted by Gasteiger charge is -2.31. The highest BCUT2D eigenvalue weighted by atomic mass is 79.9. The van der Waals surface area contributed by atoms with Gasteiger partial charge in [0.2, 0.25) is 5.91 Å². The molecule has 1 amide bonds. The van der Waals surface area contributed by atoms with Crippen molar-refractivity contribution < 1.29 is 9.53 Å². The molecule has 0 saturated carbocycles. The summed E-state index contributed by atoms with van der Waals surface area (Å²) in [7, 11) is 0. The maximum atomic E-state index is 12.7. The summed E-state index contributed by atoms with van der Waals surface area (Å²) in [6, 6.07) is 8.64. The van der Waals surface area contributed by atoms with Gasteiger partial charge in [-0.25, -0.2) is 0 Å². The number of amides is 1. The largest absolute Gasteiger partial charge is 0.381 e. The van der Waals surface area contributed by atoms with Crippen LogP contribution in [0.5, 0.6) is 0 Å². The number of benzene rings is 1. The van der Waals surface area contributed by atoms with Crippen molar-refractivity contribution >= 4 is 21.8 Å². The molecule has 3 nitrogen and oxygen atoms in total. The number of nitrogens with zero attached hydrogens (tertiary/aromatic N) is 1. The standard InChI is InChI=1S/C16H20BrNO2/c17-14-5-3-12(4-6-14)15-2-1-9-18(15)16(19)13-7-10-20-11-8-13/h3-6,13,15H,1-2,7-11H2. The molecular weight excluding hydrogens is 318 g/mol. The summed E-state index contributed by atoms with van der Waals surface area (Å²) in [5.41, 5.74) is 1.26. The third-order valence-electron chi connectivity index (χ3n) is 4.36. The molecule has 0 aromatic heterocycles. The number of carbonyl (C=O) groups is 1. The number of likely N-dealkylation sites (tertiary alicyclic amines) is 1. The van der Waals surface area contributed by atoms with Crippen LogP contribution in [0.3, 0.4) is 0 Å². The number of hydrogen-bond donors (Lipinski definition) is 0. The maximum Gasteiger partial charge on any atom is 0.226 e. The van der Waals surface area contributed by atoms with Crippen LogP contribution in [-0.2, 0) is 9.53 Å². The van der Waals surface area contributed by atoms with Gasteiger partial charge < -0.3 is 9.64 Å². The molecule has 1 aromatic carbocycles. The first-order valence-corrected chi connectivity index (χ1v) is 8.18. The first-order chi connectivity index (χ1) is 9.75. The molecule has 2 aliphatic heterocycles. The molecule has 2 aliphatic rings. The first-order valence-electron chi connectivity index (χ1n) is 7.39. The second-order valence-corrected chi connectivity index (χ2v) is 6.54. The second-order valence-electron chi connectivity index (χ2n) is 5.63. The number of carbonyl (C=O) groups excluding carboxylic acids is 1. The average molecular weight is 338 g/mol. The van der Waals surface area contributed by atoms with Crippen molar-refractivity contribution in [1.29, 1.82) is 0 Å². The predicted octanol–water partition coefficient (Wildman–Crippen LogP) is 3.54. The van der Waals surface area contributed by atoms with E-state index in [2.05, 4.69) is 45.1 Å². The van der Waals surface area contributed by atoms with E-state index in [1.54, 1.807) is 0 Å². The van der Waals surface area contributed by atoms with Gasteiger partial charge in [0.15, 0.2) is 0 Å². The van der Waals surface area contributed by atoms with Crippen molar-refractivity contribution in [2.75, 3.05) is 19.8 Å². The van der Waals surface area contributed by atoms with Gasteiger partial charge in [-0.05, 0) is 43.4 Å². The van der Waals surface area contributed by atoms with Gasteiger partial charge in [-0.15, -0.1) is 0 Å². The third-order valence-corrected chi connectivity index (χ3v) is 4.89. The summed E-state index contributed by atoms with van der Waals surface area (Å²) in [6.07, 6.45) is 3.94. The summed E-state index contributed by atoms with van der Waals surface area (Å²) in [6.45, 7) is 2.36. The van der Waals surface area contributed by atoms with E-state index in [1.807, 2.05) is 0 Å². The minimum Gasteiger partial charge on any atom is -0.381 e. The second kappa shape index (κ2) is 6.27. The predicted molar refractivity (Wildman–Crippen MR) is 81.4 cm³/mol. The van der Waals surface area contributed by atoms with Crippen molar-refractivity contribution in [2.24, 2.45) is 5.92 Å². The Kier molecular flexibility index (Phi) is 4.41. The zero-order valence-corrected chi connectivity index (χ0v) is 13.1. The first kappa shape index (κ1) is 14.1. The van der Waals surface area contributed by atoms with Crippen LogP contribution in [0.15, 0.2) is 28.7 Å². The molecule has 1 unspecified atom stereocenters. The minimum atomic E-state index is 0.166. The molecule has 0 spiro atoms. The van der Waals surface area contributed by atoms with E-state index in [4.69, 9.17) is 4.74 Å². The van der Waals surface area contributed by atoms with Crippen LogP contribution < -0.4 is 0 Å². The van der Waals surface area contributed by atoms with Crippen LogP contribution in [0.2, 0.25) is 0 Å². The third kappa shape index (κ3) is 2.91. The Morgan fingerprint density at radius 2 is 1.85 bits per heavy atom. The van der Waals surface area contributed by atoms with E-state index in [-0.39, 0.29) is 12.0 Å². The summed E-state index contributed by atoms with van der Waals surface area (Å²) in [4.78, 5) is 14.8. The van der Waals surface area contributed by atoms with Crippen LogP contribution in [-0.4, -0.2) is 30.6 Å². The van der Waals surface area contributed by atoms with E-state index >= 15 is 0 Å². The summed E-state index contributed by atoms with van der Waals surface area (Å²) < 4.78 is 6.45. The van der Waals surface area contributed by atoms with Gasteiger partial charge in [0.1, 0.15) is 0 Å². The normalized spacial score (nSPS) is 24.1. The van der Waals surface area contributed by atoms with E-state index < -0.39 is 0 Å². The molecular formula is C16H20BrNO2. The minimum absolute atomic E-state index is 0.166. The van der Waals surface area contributed by atoms with Crippen molar-refractivity contribution in [3.63, 3.8) is 0 Å². The SMILES string of the molecule is O=C(C1CCOCC1)N1CCCC1c1ccc(Br)cc1. The molecule has 108 valence electrons. The summed E-state index contributed by atoms with van der Waals surface area (Å²) in [5.74, 6) is 0.499. The molecule has 2 fully saturated rings. The molecule has 2 heterocycles. The Balaban J connectivity index is 1.74. The Hall–Kier alpha value is -0.870. The Labute approximate surface area is 128 Å². The molecule has 0 bridgehead atoms. The number of ether oxygens (including phenoxy) is 1. The lowest BCUT2D eigenvalue weighted by atomic mass is 9.97. The Bertz CT molecular complexity index is 468. The van der Waals surface area contributed by atoms with E-state index in [0.29, 0.717) is 5.91 Å². The fourth-order valence-corrected chi connectivity index (χ4v) is 3.51. The van der Waals surface area contributed by atoms with Gasteiger partial charge in [0.25, 0.3) is 0 Å². The monoisotopic (exact) mass is 337 g/mol. The van der Waals surface area contributed by atoms with E-state index in [9.17, 15) is 4.79 Å².